The largest absolute Gasteiger partial charge is 0.387 e. The molecular weight excluding hydrogens is 442 g/mol. The van der Waals surface area contributed by atoms with Crippen molar-refractivity contribution < 1.29 is 5.11 Å². The Labute approximate surface area is 173 Å². The number of nitrogens with two attached hydrogens (primary N) is 1. The lowest BCUT2D eigenvalue weighted by Gasteiger charge is -2.14. The minimum atomic E-state index is -0.596. The molecular formula is C18H18BrN7OS. The van der Waals surface area contributed by atoms with E-state index in [2.05, 4.69) is 41.2 Å². The van der Waals surface area contributed by atoms with Gasteiger partial charge in [0.25, 0.3) is 0 Å². The number of hydrogen-bond donors (Lipinski definition) is 2. The molecule has 4 aromatic heterocycles. The van der Waals surface area contributed by atoms with Crippen LogP contribution in [0.4, 0.5) is 5.95 Å². The predicted octanol–water partition coefficient (Wildman–Crippen LogP) is 3.43. The Morgan fingerprint density at radius 1 is 1.25 bits per heavy atom. The lowest BCUT2D eigenvalue weighted by Crippen LogP contribution is -2.10. The number of anilines is 1. The van der Waals surface area contributed by atoms with Crippen molar-refractivity contribution in [2.45, 2.75) is 26.5 Å². The van der Waals surface area contributed by atoms with E-state index in [-0.39, 0.29) is 11.9 Å². The molecule has 0 saturated heterocycles. The molecule has 4 aromatic rings. The van der Waals surface area contributed by atoms with Gasteiger partial charge in [-0.25, -0.2) is 14.6 Å². The summed E-state index contributed by atoms with van der Waals surface area (Å²) in [6.45, 7) is 4.35. The van der Waals surface area contributed by atoms with Crippen molar-refractivity contribution in [3.05, 3.63) is 45.6 Å². The number of aromatic nitrogens is 6. The van der Waals surface area contributed by atoms with E-state index >= 15 is 0 Å². The maximum Gasteiger partial charge on any atom is 0.221 e. The summed E-state index contributed by atoms with van der Waals surface area (Å²) in [5.74, 6) is 0.282. The summed E-state index contributed by atoms with van der Waals surface area (Å²) in [7, 11) is 0. The summed E-state index contributed by atoms with van der Waals surface area (Å²) in [5.41, 5.74) is 9.34. The highest BCUT2D eigenvalue weighted by Gasteiger charge is 2.17. The Hall–Kier alpha value is -2.43. The second-order valence-corrected chi connectivity index (χ2v) is 8.47. The number of nitrogens with zero attached hydrogens (tertiary/aromatic N) is 6. The number of aliphatic hydroxyl groups is 1. The van der Waals surface area contributed by atoms with Crippen LogP contribution in [0.1, 0.15) is 31.3 Å². The molecule has 4 rings (SSSR count). The van der Waals surface area contributed by atoms with E-state index in [1.165, 1.54) is 11.3 Å². The maximum atomic E-state index is 10.2. The van der Waals surface area contributed by atoms with Crippen molar-refractivity contribution in [3.8, 4) is 11.4 Å². The van der Waals surface area contributed by atoms with Gasteiger partial charge in [-0.05, 0) is 34.0 Å². The number of halogens is 1. The van der Waals surface area contributed by atoms with Crippen LogP contribution in [-0.2, 0) is 6.54 Å². The van der Waals surface area contributed by atoms with Crippen LogP contribution < -0.4 is 5.73 Å². The van der Waals surface area contributed by atoms with Crippen LogP contribution in [0.5, 0.6) is 0 Å². The third kappa shape index (κ3) is 3.62. The van der Waals surface area contributed by atoms with Crippen LogP contribution in [0.15, 0.2) is 34.2 Å². The number of pyridine rings is 1. The van der Waals surface area contributed by atoms with Crippen molar-refractivity contribution in [2.75, 3.05) is 5.73 Å². The number of thiophene rings is 1. The fourth-order valence-corrected chi connectivity index (χ4v) is 4.38. The van der Waals surface area contributed by atoms with Crippen molar-refractivity contribution in [3.63, 3.8) is 0 Å². The molecule has 0 fully saturated rings. The van der Waals surface area contributed by atoms with Crippen molar-refractivity contribution in [1.29, 1.82) is 0 Å². The first kappa shape index (κ1) is 18.9. The molecule has 0 aliphatic rings. The first-order valence-corrected chi connectivity index (χ1v) is 10.3. The van der Waals surface area contributed by atoms with Crippen LogP contribution >= 0.6 is 27.3 Å². The first-order chi connectivity index (χ1) is 13.4. The normalized spacial score (nSPS) is 12.8. The zero-order chi connectivity index (χ0) is 19.8. The molecule has 0 saturated carbocycles. The molecule has 0 bridgehead atoms. The van der Waals surface area contributed by atoms with Gasteiger partial charge >= 0.3 is 0 Å². The van der Waals surface area contributed by atoms with E-state index in [0.29, 0.717) is 23.6 Å². The average Bonchev–Trinajstić information content (AvgIpc) is 3.28. The van der Waals surface area contributed by atoms with Gasteiger partial charge in [0.2, 0.25) is 5.95 Å². The number of aliphatic hydroxyl groups excluding tert-OH is 1. The van der Waals surface area contributed by atoms with Gasteiger partial charge in [-0.1, -0.05) is 25.1 Å². The third-order valence-electron chi connectivity index (χ3n) is 4.26. The molecule has 10 heteroatoms. The van der Waals surface area contributed by atoms with Crippen molar-refractivity contribution in [2.24, 2.45) is 5.92 Å². The highest BCUT2D eigenvalue weighted by molar-refractivity contribution is 9.10. The number of nitrogen functional groups attached to an aromatic ring is 1. The third-order valence-corrected chi connectivity index (χ3v) is 6.14. The molecule has 1 unspecified atom stereocenters. The maximum absolute atomic E-state index is 10.2. The Balaban J connectivity index is 1.64. The number of fused-ring (bicyclic) bond motifs is 1. The lowest BCUT2D eigenvalue weighted by atomic mass is 10.0. The van der Waals surface area contributed by atoms with E-state index in [9.17, 15) is 5.11 Å². The van der Waals surface area contributed by atoms with E-state index in [0.717, 1.165) is 20.4 Å². The van der Waals surface area contributed by atoms with E-state index < -0.39 is 6.10 Å². The van der Waals surface area contributed by atoms with Crippen molar-refractivity contribution in [1.82, 2.24) is 29.9 Å². The Morgan fingerprint density at radius 2 is 2.07 bits per heavy atom. The van der Waals surface area contributed by atoms with Crippen molar-refractivity contribution >= 4 is 43.4 Å². The van der Waals surface area contributed by atoms with Gasteiger partial charge in [0.1, 0.15) is 16.9 Å². The smallest absolute Gasteiger partial charge is 0.221 e. The Bertz CT molecular complexity index is 1140. The number of rotatable bonds is 5. The molecule has 1 atom stereocenters. The van der Waals surface area contributed by atoms with Gasteiger partial charge < -0.3 is 10.8 Å². The lowest BCUT2D eigenvalue weighted by molar-refractivity contribution is 0.122. The molecule has 0 amide bonds. The van der Waals surface area contributed by atoms with E-state index in [1.807, 2.05) is 43.6 Å². The zero-order valence-electron chi connectivity index (χ0n) is 15.2. The van der Waals surface area contributed by atoms with Crippen LogP contribution in [0.2, 0.25) is 0 Å². The Kier molecular flexibility index (Phi) is 5.09. The van der Waals surface area contributed by atoms with E-state index in [1.54, 1.807) is 4.68 Å². The quantitative estimate of drug-likeness (QED) is 0.469. The number of hydrogen-bond acceptors (Lipinski definition) is 8. The summed E-state index contributed by atoms with van der Waals surface area (Å²) in [4.78, 5) is 13.2. The molecule has 0 spiro atoms. The SMILES string of the molecule is CC(C)C(O)c1cccc(Cn2cc(-c3nc(N)nc4c(Br)csc34)nn2)n1. The van der Waals surface area contributed by atoms with Gasteiger partial charge in [-0.2, -0.15) is 0 Å². The minimum Gasteiger partial charge on any atom is -0.387 e. The average molecular weight is 460 g/mol. The topological polar surface area (TPSA) is 116 Å². The molecule has 8 nitrogen and oxygen atoms in total. The Morgan fingerprint density at radius 3 is 2.86 bits per heavy atom. The predicted molar refractivity (Wildman–Crippen MR) is 112 cm³/mol. The second kappa shape index (κ2) is 7.53. The van der Waals surface area contributed by atoms with Gasteiger partial charge in [-0.3, -0.25) is 4.98 Å². The summed E-state index contributed by atoms with van der Waals surface area (Å²) in [6.07, 6.45) is 1.21. The molecule has 0 aromatic carbocycles. The van der Waals surface area contributed by atoms with Gasteiger partial charge in [-0.15, -0.1) is 16.4 Å². The van der Waals surface area contributed by atoms with Crippen LogP contribution in [0.3, 0.4) is 0 Å². The van der Waals surface area contributed by atoms with Gasteiger partial charge in [0, 0.05) is 5.38 Å². The molecule has 0 radical (unpaired) electrons. The highest BCUT2D eigenvalue weighted by atomic mass is 79.9. The minimum absolute atomic E-state index is 0.0940. The van der Waals surface area contributed by atoms with Crippen LogP contribution in [0, 0.1) is 5.92 Å². The van der Waals surface area contributed by atoms with E-state index in [4.69, 9.17) is 5.73 Å². The standard InChI is InChI=1S/C18H18BrN7OS/c1-9(2)16(27)12-5-3-4-10(21-12)6-26-7-13(24-25-26)15-17-14(11(19)8-28-17)22-18(20)23-15/h3-5,7-9,16,27H,6H2,1-2H3,(H2,20,22,23). The summed E-state index contributed by atoms with van der Waals surface area (Å²) in [6, 6.07) is 5.62. The van der Waals surface area contributed by atoms with Gasteiger partial charge in [0.15, 0.2) is 0 Å². The highest BCUT2D eigenvalue weighted by Crippen LogP contribution is 2.35. The zero-order valence-corrected chi connectivity index (χ0v) is 17.6. The summed E-state index contributed by atoms with van der Waals surface area (Å²) in [5, 5.41) is 20.6. The fraction of sp³-hybridized carbons (Fsp3) is 0.278. The molecule has 3 N–H and O–H groups in total. The second-order valence-electron chi connectivity index (χ2n) is 6.74. The monoisotopic (exact) mass is 459 g/mol. The molecule has 144 valence electrons. The molecule has 4 heterocycles. The summed E-state index contributed by atoms with van der Waals surface area (Å²) < 4.78 is 3.46. The molecule has 0 aliphatic carbocycles. The molecule has 0 aliphatic heterocycles. The fourth-order valence-electron chi connectivity index (χ4n) is 2.82. The van der Waals surface area contributed by atoms with Crippen LogP contribution in [0.25, 0.3) is 21.6 Å². The van der Waals surface area contributed by atoms with Crippen LogP contribution in [-0.4, -0.2) is 35.1 Å². The molecule has 28 heavy (non-hydrogen) atoms. The van der Waals surface area contributed by atoms with Gasteiger partial charge in [0.05, 0.1) is 39.4 Å². The summed E-state index contributed by atoms with van der Waals surface area (Å²) >= 11 is 5.00. The first-order valence-electron chi connectivity index (χ1n) is 8.67.